The molecule has 4 fully saturated rings. The molecule has 356 valence electrons. The summed E-state index contributed by atoms with van der Waals surface area (Å²) in [7, 11) is -8.14. The van der Waals surface area contributed by atoms with Crippen LogP contribution in [-0.2, 0) is 35.0 Å². The minimum absolute atomic E-state index is 0.00933. The van der Waals surface area contributed by atoms with Gasteiger partial charge in [0.05, 0.1) is 53.4 Å². The van der Waals surface area contributed by atoms with Crippen molar-refractivity contribution in [2.24, 2.45) is 0 Å². The first-order chi connectivity index (χ1) is 31.9. The van der Waals surface area contributed by atoms with E-state index in [9.17, 15) is 45.2 Å². The zero-order chi connectivity index (χ0) is 47.8. The van der Waals surface area contributed by atoms with Gasteiger partial charge in [0, 0.05) is 77.6 Å². The van der Waals surface area contributed by atoms with E-state index in [0.29, 0.717) is 64.0 Å². The van der Waals surface area contributed by atoms with Gasteiger partial charge in [-0.1, -0.05) is 10.8 Å². The number of anilines is 3. The molecule has 4 saturated heterocycles. The molecule has 4 aliphatic heterocycles. The Morgan fingerprint density at radius 3 is 2.46 bits per heavy atom. The molecule has 8 rings (SSSR count). The van der Waals surface area contributed by atoms with Crippen LogP contribution in [0.4, 0.5) is 30.1 Å². The maximum absolute atomic E-state index is 15.1. The highest BCUT2D eigenvalue weighted by molar-refractivity contribution is 7.90. The Kier molecular flexibility index (Phi) is 13.1. The van der Waals surface area contributed by atoms with E-state index in [4.69, 9.17) is 9.47 Å². The van der Waals surface area contributed by atoms with Crippen LogP contribution >= 0.6 is 0 Å². The number of piperazine rings is 1. The lowest BCUT2D eigenvalue weighted by molar-refractivity contribution is -0.137. The smallest absolute Gasteiger partial charge is 0.453 e. The summed E-state index contributed by atoms with van der Waals surface area (Å²) in [6.07, 6.45) is 3.00. The number of imide groups is 1. The molecule has 0 radical (unpaired) electrons. The van der Waals surface area contributed by atoms with Crippen LogP contribution in [0, 0.1) is 17.1 Å². The number of fused-ring (bicyclic) bond motifs is 1. The Hall–Kier alpha value is -6.46. The van der Waals surface area contributed by atoms with Gasteiger partial charge in [0.25, 0.3) is 5.56 Å². The molecule has 0 bridgehead atoms. The Morgan fingerprint density at radius 2 is 1.78 bits per heavy atom. The van der Waals surface area contributed by atoms with Crippen molar-refractivity contribution in [3.63, 3.8) is 0 Å². The third kappa shape index (κ3) is 10.1. The van der Waals surface area contributed by atoms with Crippen LogP contribution in [0.1, 0.15) is 44.2 Å². The molecule has 0 unspecified atom stereocenters. The number of carbonyl (C=O) groups is 3. The van der Waals surface area contributed by atoms with Crippen LogP contribution in [0.15, 0.2) is 59.7 Å². The number of hydrogen-bond acceptors (Lipinski definition) is 15. The van der Waals surface area contributed by atoms with Crippen molar-refractivity contribution in [2.75, 3.05) is 87.1 Å². The van der Waals surface area contributed by atoms with Crippen molar-refractivity contribution in [3.8, 4) is 23.3 Å². The largest absolute Gasteiger partial charge is 0.488 e. The summed E-state index contributed by atoms with van der Waals surface area (Å²) in [5, 5.41) is 12.3. The highest BCUT2D eigenvalue weighted by Crippen LogP contribution is 2.41. The number of ether oxygens (including phenoxy) is 2. The number of carbonyl (C=O) groups excluding carboxylic acids is 3. The number of hydrogen-bond donors (Lipinski definition) is 2. The van der Waals surface area contributed by atoms with Crippen molar-refractivity contribution < 1.29 is 53.2 Å². The van der Waals surface area contributed by atoms with Gasteiger partial charge in [-0.15, -0.1) is 0 Å². The standard InChI is InChI=1S/C42H46F2N10O11S2/c1-3-49(2)67(61,62)48-34-8-6-32(43)39(31(34)23-45)64-29-5-7-33-30(21-29)40(57)54(26-46-33)28-22-42(63-25-28)11-14-52(15-12-42)38(56)24-50-16-18-51(19-17-50)35-9-4-27(20-36(35)65-66(44,59)60)53-13-10-37(55)47-41(53)58/h4-9,20-21,26,28,48H,3,10-19,22,24-25H2,1-2H3,(H,47,55,58)/t28-/m0/s1. The second-order valence-electron chi connectivity index (χ2n) is 16.5. The molecular formula is C42H46F2N10O11S2. The highest BCUT2D eigenvalue weighted by Gasteiger charge is 2.44. The number of amides is 4. The van der Waals surface area contributed by atoms with Crippen LogP contribution in [0.5, 0.6) is 17.2 Å². The Labute approximate surface area is 384 Å². The van der Waals surface area contributed by atoms with Gasteiger partial charge in [0.2, 0.25) is 11.8 Å². The summed E-state index contributed by atoms with van der Waals surface area (Å²) < 4.78 is 99.0. The van der Waals surface area contributed by atoms with Gasteiger partial charge in [-0.3, -0.25) is 38.8 Å². The molecule has 4 amide bonds. The number of rotatable bonds is 13. The Bertz CT molecular complexity index is 2960. The molecule has 25 heteroatoms. The number of nitriles is 1. The normalized spacial score (nSPS) is 19.2. The van der Waals surface area contributed by atoms with Crippen LogP contribution in [0.3, 0.4) is 0 Å². The second-order valence-corrected chi connectivity index (χ2v) is 19.3. The maximum atomic E-state index is 15.1. The Balaban J connectivity index is 0.871. The lowest BCUT2D eigenvalue weighted by atomic mass is 9.87. The number of nitrogens with one attached hydrogen (secondary N) is 2. The van der Waals surface area contributed by atoms with Crippen LogP contribution in [0.2, 0.25) is 0 Å². The van der Waals surface area contributed by atoms with Gasteiger partial charge in [-0.25, -0.2) is 14.2 Å². The molecule has 3 aromatic carbocycles. The number of piperidine rings is 1. The van der Waals surface area contributed by atoms with Crippen LogP contribution in [-0.4, -0.2) is 136 Å². The van der Waals surface area contributed by atoms with Crippen molar-refractivity contribution in [3.05, 3.63) is 76.6 Å². The zero-order valence-corrected chi connectivity index (χ0v) is 37.9. The summed E-state index contributed by atoms with van der Waals surface area (Å²) in [4.78, 5) is 62.7. The first kappa shape index (κ1) is 47.0. The second kappa shape index (κ2) is 18.7. The molecule has 1 atom stereocenters. The molecule has 4 aromatic rings. The maximum Gasteiger partial charge on any atom is 0.488 e. The summed E-state index contributed by atoms with van der Waals surface area (Å²) in [5.74, 6) is -2.31. The quantitative estimate of drug-likeness (QED) is 0.183. The van der Waals surface area contributed by atoms with Gasteiger partial charge < -0.3 is 23.5 Å². The number of likely N-dealkylation sites (tertiary alicyclic amines) is 1. The van der Waals surface area contributed by atoms with E-state index in [1.165, 1.54) is 53.2 Å². The van der Waals surface area contributed by atoms with E-state index < -0.39 is 60.9 Å². The summed E-state index contributed by atoms with van der Waals surface area (Å²) in [6.45, 7) is 4.53. The monoisotopic (exact) mass is 968 g/mol. The third-order valence-electron chi connectivity index (χ3n) is 12.5. The summed E-state index contributed by atoms with van der Waals surface area (Å²) in [6, 6.07) is 11.4. The number of urea groups is 1. The minimum Gasteiger partial charge on any atom is -0.453 e. The highest BCUT2D eigenvalue weighted by atomic mass is 32.3. The van der Waals surface area contributed by atoms with E-state index in [-0.39, 0.29) is 78.6 Å². The number of aromatic nitrogens is 2. The van der Waals surface area contributed by atoms with E-state index >= 15 is 4.39 Å². The zero-order valence-electron chi connectivity index (χ0n) is 36.3. The predicted molar refractivity (Wildman–Crippen MR) is 237 cm³/mol. The van der Waals surface area contributed by atoms with Gasteiger partial charge in [-0.05, 0) is 61.7 Å². The van der Waals surface area contributed by atoms with Crippen molar-refractivity contribution in [1.29, 1.82) is 5.26 Å². The van der Waals surface area contributed by atoms with E-state index in [2.05, 4.69) is 19.2 Å². The van der Waals surface area contributed by atoms with Gasteiger partial charge in [0.1, 0.15) is 17.4 Å². The van der Waals surface area contributed by atoms with Crippen LogP contribution in [0.25, 0.3) is 10.9 Å². The molecule has 1 spiro atoms. The van der Waals surface area contributed by atoms with Crippen LogP contribution < -0.4 is 34.3 Å². The molecule has 0 saturated carbocycles. The lowest BCUT2D eigenvalue weighted by Crippen LogP contribution is -2.52. The molecule has 5 heterocycles. The average molecular weight is 969 g/mol. The average Bonchev–Trinajstić information content (AvgIpc) is 3.69. The fraction of sp³-hybridized carbons (Fsp3) is 0.429. The molecule has 0 aliphatic carbocycles. The molecule has 2 N–H and O–H groups in total. The third-order valence-corrected chi connectivity index (χ3v) is 14.4. The van der Waals surface area contributed by atoms with E-state index in [1.807, 2.05) is 11.0 Å². The molecular weight excluding hydrogens is 923 g/mol. The minimum atomic E-state index is -5.43. The summed E-state index contributed by atoms with van der Waals surface area (Å²) >= 11 is 0. The first-order valence-electron chi connectivity index (χ1n) is 21.3. The fourth-order valence-corrected chi connectivity index (χ4v) is 9.95. The molecule has 67 heavy (non-hydrogen) atoms. The number of halogens is 2. The number of benzene rings is 3. The number of nitrogens with zero attached hydrogens (tertiary/aromatic N) is 8. The van der Waals surface area contributed by atoms with Gasteiger partial charge in [-0.2, -0.15) is 26.4 Å². The first-order valence-corrected chi connectivity index (χ1v) is 24.0. The molecule has 1 aromatic heterocycles. The van der Waals surface area contributed by atoms with Crippen molar-refractivity contribution in [2.45, 2.75) is 44.2 Å². The predicted octanol–water partition coefficient (Wildman–Crippen LogP) is 2.99. The SMILES string of the molecule is CCN(C)S(=O)(=O)Nc1ccc(F)c(Oc2ccc3ncn([C@@H]4COC5(CCN(C(=O)CN6CCN(c7ccc(N8CCC(=O)NC8=O)cc7OS(=O)(=O)F)CC6)CC5)C4)c(=O)c3c2)c1C#N. The molecule has 21 nitrogen and oxygen atoms in total. The van der Waals surface area contributed by atoms with Gasteiger partial charge in [0.15, 0.2) is 17.3 Å². The summed E-state index contributed by atoms with van der Waals surface area (Å²) in [5.41, 5.74) is -0.756. The van der Waals surface area contributed by atoms with Gasteiger partial charge >= 0.3 is 26.7 Å². The van der Waals surface area contributed by atoms with E-state index in [1.54, 1.807) is 22.8 Å². The fourth-order valence-electron chi connectivity index (χ4n) is 8.66. The Morgan fingerprint density at radius 1 is 1.03 bits per heavy atom. The molecule has 4 aliphatic rings. The lowest BCUT2D eigenvalue weighted by Gasteiger charge is -2.40. The van der Waals surface area contributed by atoms with E-state index in [0.717, 1.165) is 16.4 Å². The topological polar surface area (TPSA) is 246 Å². The van der Waals surface area contributed by atoms with Crippen molar-refractivity contribution in [1.82, 2.24) is 29.0 Å². The van der Waals surface area contributed by atoms with Crippen molar-refractivity contribution >= 4 is 66.5 Å².